The van der Waals surface area contributed by atoms with E-state index in [1.807, 2.05) is 18.2 Å². The predicted molar refractivity (Wildman–Crippen MR) is 90.9 cm³/mol. The molecule has 0 unspecified atom stereocenters. The maximum Gasteiger partial charge on any atom is 0.137 e. The zero-order valence-corrected chi connectivity index (χ0v) is 13.9. The summed E-state index contributed by atoms with van der Waals surface area (Å²) in [5, 5.41) is 22.1. The minimum Gasteiger partial charge on any atom is -0.387 e. The van der Waals surface area contributed by atoms with Crippen LogP contribution in [0.1, 0.15) is 26.2 Å². The fraction of sp³-hybridized carbons (Fsp3) is 0.556. The van der Waals surface area contributed by atoms with Gasteiger partial charge in [-0.2, -0.15) is 0 Å². The third-order valence-corrected chi connectivity index (χ3v) is 5.50. The number of pyridine rings is 2. The first-order chi connectivity index (χ1) is 11.5. The van der Waals surface area contributed by atoms with Crippen molar-refractivity contribution in [3.63, 3.8) is 0 Å². The number of rotatable bonds is 1. The number of hydrogen-bond donors (Lipinski definition) is 2. The SMILES string of the molecule is C[C@@]1(O)CCOC2(CCN(c3nccc4ncccc34)CC2)[C@H]1O. The van der Waals surface area contributed by atoms with Crippen molar-refractivity contribution in [2.24, 2.45) is 0 Å². The molecule has 4 heterocycles. The number of aromatic nitrogens is 2. The lowest BCUT2D eigenvalue weighted by molar-refractivity contribution is -0.239. The van der Waals surface area contributed by atoms with Crippen LogP contribution in [0.25, 0.3) is 10.9 Å². The largest absolute Gasteiger partial charge is 0.387 e. The number of nitrogens with zero attached hydrogens (tertiary/aromatic N) is 3. The number of aliphatic hydroxyl groups is 2. The van der Waals surface area contributed by atoms with E-state index in [1.54, 1.807) is 19.3 Å². The van der Waals surface area contributed by atoms with E-state index in [9.17, 15) is 10.2 Å². The van der Waals surface area contributed by atoms with Crippen LogP contribution in [0, 0.1) is 0 Å². The summed E-state index contributed by atoms with van der Waals surface area (Å²) in [6, 6.07) is 5.87. The molecular weight excluding hydrogens is 306 g/mol. The summed E-state index contributed by atoms with van der Waals surface area (Å²) in [4.78, 5) is 11.1. The van der Waals surface area contributed by atoms with Crippen molar-refractivity contribution in [2.75, 3.05) is 24.6 Å². The van der Waals surface area contributed by atoms with E-state index >= 15 is 0 Å². The molecule has 2 N–H and O–H groups in total. The molecule has 4 rings (SSSR count). The summed E-state index contributed by atoms with van der Waals surface area (Å²) >= 11 is 0. The summed E-state index contributed by atoms with van der Waals surface area (Å²) < 4.78 is 5.96. The first kappa shape index (κ1) is 15.7. The van der Waals surface area contributed by atoms with E-state index in [-0.39, 0.29) is 0 Å². The Kier molecular flexibility index (Phi) is 3.71. The number of hydrogen-bond acceptors (Lipinski definition) is 6. The molecule has 1 spiro atoms. The van der Waals surface area contributed by atoms with Crippen molar-refractivity contribution in [1.29, 1.82) is 0 Å². The Bertz CT molecular complexity index is 736. The zero-order chi connectivity index (χ0) is 16.8. The topological polar surface area (TPSA) is 78.7 Å². The average Bonchev–Trinajstić information content (AvgIpc) is 2.60. The van der Waals surface area contributed by atoms with Crippen molar-refractivity contribution >= 4 is 16.7 Å². The standard InChI is InChI=1S/C18H23N3O3/c1-17(23)7-12-24-18(16(17)22)5-10-21(11-6-18)15-13-3-2-8-19-14(13)4-9-20-15/h2-4,8-9,16,22-23H,5-7,10-12H2,1H3/t16-,17+/m0/s1. The summed E-state index contributed by atoms with van der Waals surface area (Å²) in [5.41, 5.74) is -0.803. The summed E-state index contributed by atoms with van der Waals surface area (Å²) in [5.74, 6) is 0.924. The molecule has 2 aliphatic heterocycles. The maximum absolute atomic E-state index is 10.6. The summed E-state index contributed by atoms with van der Waals surface area (Å²) in [6.45, 7) is 3.65. The highest BCUT2D eigenvalue weighted by atomic mass is 16.5. The van der Waals surface area contributed by atoms with Crippen LogP contribution in [-0.2, 0) is 4.74 Å². The van der Waals surface area contributed by atoms with Gasteiger partial charge in [-0.25, -0.2) is 4.98 Å². The lowest BCUT2D eigenvalue weighted by atomic mass is 9.75. The lowest BCUT2D eigenvalue weighted by Gasteiger charge is -2.51. The van der Waals surface area contributed by atoms with Crippen LogP contribution < -0.4 is 4.90 Å². The Labute approximate surface area is 141 Å². The molecular formula is C18H23N3O3. The third-order valence-electron chi connectivity index (χ3n) is 5.50. The molecule has 6 heteroatoms. The Hall–Kier alpha value is -1.76. The highest BCUT2D eigenvalue weighted by Crippen LogP contribution is 2.40. The minimum absolute atomic E-state index is 0.468. The molecule has 128 valence electrons. The van der Waals surface area contributed by atoms with Crippen molar-refractivity contribution in [3.05, 3.63) is 30.6 Å². The van der Waals surface area contributed by atoms with E-state index in [2.05, 4.69) is 14.9 Å². The third kappa shape index (κ3) is 2.46. The monoisotopic (exact) mass is 329 g/mol. The molecule has 0 radical (unpaired) electrons. The molecule has 2 fully saturated rings. The molecule has 6 nitrogen and oxygen atoms in total. The number of fused-ring (bicyclic) bond motifs is 1. The second kappa shape index (κ2) is 5.65. The van der Waals surface area contributed by atoms with Crippen LogP contribution in [0.15, 0.2) is 30.6 Å². The maximum atomic E-state index is 10.6. The van der Waals surface area contributed by atoms with Crippen molar-refractivity contribution < 1.29 is 14.9 Å². The van der Waals surface area contributed by atoms with Crippen LogP contribution in [0.4, 0.5) is 5.82 Å². The highest BCUT2D eigenvalue weighted by molar-refractivity contribution is 5.89. The molecule has 0 bridgehead atoms. The molecule has 0 aliphatic carbocycles. The van der Waals surface area contributed by atoms with Gasteiger partial charge < -0.3 is 19.8 Å². The molecule has 0 amide bonds. The van der Waals surface area contributed by atoms with Gasteiger partial charge in [0.25, 0.3) is 0 Å². The Morgan fingerprint density at radius 2 is 1.96 bits per heavy atom. The molecule has 2 aromatic rings. The fourth-order valence-corrected chi connectivity index (χ4v) is 4.00. The van der Waals surface area contributed by atoms with Crippen LogP contribution in [0.3, 0.4) is 0 Å². The van der Waals surface area contributed by atoms with Crippen molar-refractivity contribution in [2.45, 2.75) is 43.5 Å². The molecule has 24 heavy (non-hydrogen) atoms. The number of ether oxygens (including phenoxy) is 1. The first-order valence-electron chi connectivity index (χ1n) is 8.51. The molecule has 2 aromatic heterocycles. The van der Waals surface area contributed by atoms with Crippen LogP contribution in [0.2, 0.25) is 0 Å². The summed E-state index contributed by atoms with van der Waals surface area (Å²) in [7, 11) is 0. The highest BCUT2D eigenvalue weighted by Gasteiger charge is 2.52. The van der Waals surface area contributed by atoms with E-state index < -0.39 is 17.3 Å². The Morgan fingerprint density at radius 1 is 1.17 bits per heavy atom. The predicted octanol–water partition coefficient (Wildman–Crippen LogP) is 1.50. The van der Waals surface area contributed by atoms with Gasteiger partial charge in [-0.3, -0.25) is 4.98 Å². The number of piperidine rings is 1. The van der Waals surface area contributed by atoms with Crippen LogP contribution in [0.5, 0.6) is 0 Å². The van der Waals surface area contributed by atoms with Gasteiger partial charge in [0.05, 0.1) is 17.7 Å². The second-order valence-electron chi connectivity index (χ2n) is 7.11. The van der Waals surface area contributed by atoms with Gasteiger partial charge in [0.1, 0.15) is 17.5 Å². The van der Waals surface area contributed by atoms with Gasteiger partial charge in [0, 0.05) is 37.3 Å². The quantitative estimate of drug-likeness (QED) is 0.825. The number of aliphatic hydroxyl groups excluding tert-OH is 1. The normalized spacial score (nSPS) is 30.0. The van der Waals surface area contributed by atoms with Gasteiger partial charge >= 0.3 is 0 Å². The van der Waals surface area contributed by atoms with Crippen molar-refractivity contribution in [3.8, 4) is 0 Å². The van der Waals surface area contributed by atoms with Gasteiger partial charge in [-0.15, -0.1) is 0 Å². The Morgan fingerprint density at radius 3 is 2.75 bits per heavy atom. The fourth-order valence-electron chi connectivity index (χ4n) is 4.00. The molecule has 0 saturated carbocycles. The second-order valence-corrected chi connectivity index (χ2v) is 7.11. The van der Waals surface area contributed by atoms with Crippen molar-refractivity contribution in [1.82, 2.24) is 9.97 Å². The molecule has 2 aliphatic rings. The van der Waals surface area contributed by atoms with Gasteiger partial charge in [-0.1, -0.05) is 0 Å². The lowest BCUT2D eigenvalue weighted by Crippen LogP contribution is -2.64. The van der Waals surface area contributed by atoms with Crippen LogP contribution in [-0.4, -0.2) is 57.2 Å². The van der Waals surface area contributed by atoms with E-state index in [4.69, 9.17) is 4.74 Å². The Balaban J connectivity index is 1.58. The van der Waals surface area contributed by atoms with Crippen LogP contribution >= 0.6 is 0 Å². The minimum atomic E-state index is -1.08. The van der Waals surface area contributed by atoms with E-state index in [0.717, 1.165) is 29.8 Å². The summed E-state index contributed by atoms with van der Waals surface area (Å²) in [6.07, 6.45) is 4.52. The zero-order valence-electron chi connectivity index (χ0n) is 13.9. The first-order valence-corrected chi connectivity index (χ1v) is 8.51. The van der Waals surface area contributed by atoms with E-state index in [1.165, 1.54) is 0 Å². The molecule has 2 saturated heterocycles. The van der Waals surface area contributed by atoms with Gasteiger partial charge in [0.2, 0.25) is 0 Å². The molecule has 2 atom stereocenters. The molecule has 0 aromatic carbocycles. The smallest absolute Gasteiger partial charge is 0.137 e. The van der Waals surface area contributed by atoms with Gasteiger partial charge in [-0.05, 0) is 38.0 Å². The van der Waals surface area contributed by atoms with Gasteiger partial charge in [0.15, 0.2) is 0 Å². The average molecular weight is 329 g/mol. The van der Waals surface area contributed by atoms with E-state index in [0.29, 0.717) is 25.9 Å². The number of anilines is 1.